The summed E-state index contributed by atoms with van der Waals surface area (Å²) in [5.74, 6) is 0.974. The number of likely N-dealkylation sites (N-methyl/N-ethyl adjacent to an activating group) is 1. The summed E-state index contributed by atoms with van der Waals surface area (Å²) >= 11 is 0. The number of benzene rings is 1. The third kappa shape index (κ3) is 5.72. The molecule has 0 saturated carbocycles. The molecule has 6 nitrogen and oxygen atoms in total. The monoisotopic (exact) mass is 366 g/mol. The van der Waals surface area contributed by atoms with E-state index in [1.54, 1.807) is 18.5 Å². The maximum Gasteiger partial charge on any atom is 0.225 e. The Hall–Kier alpha value is -3.06. The van der Waals surface area contributed by atoms with Gasteiger partial charge in [-0.3, -0.25) is 4.98 Å². The number of hydrogen-bond acceptors (Lipinski definition) is 6. The van der Waals surface area contributed by atoms with Crippen molar-refractivity contribution in [3.05, 3.63) is 66.2 Å². The van der Waals surface area contributed by atoms with Gasteiger partial charge in [0.1, 0.15) is 11.6 Å². The minimum atomic E-state index is -0.250. The fraction of sp³-hybridized carbons (Fsp3) is 0.250. The number of pyridine rings is 1. The Labute approximate surface area is 158 Å². The SMILES string of the molecule is CN(C)CCNc1nc(NCc2cccc(F)c2)cc(-c2ccncc2)n1. The Balaban J connectivity index is 1.80. The van der Waals surface area contributed by atoms with Crippen LogP contribution in [0.4, 0.5) is 16.2 Å². The molecule has 0 bridgehead atoms. The molecular weight excluding hydrogens is 343 g/mol. The average Bonchev–Trinajstić information content (AvgIpc) is 2.67. The van der Waals surface area contributed by atoms with E-state index >= 15 is 0 Å². The number of aromatic nitrogens is 3. The number of anilines is 2. The molecule has 0 radical (unpaired) electrons. The van der Waals surface area contributed by atoms with Gasteiger partial charge in [0.2, 0.25) is 5.95 Å². The summed E-state index contributed by atoms with van der Waals surface area (Å²) in [5, 5.41) is 6.51. The number of nitrogens with zero attached hydrogens (tertiary/aromatic N) is 4. The first kappa shape index (κ1) is 18.7. The zero-order valence-corrected chi connectivity index (χ0v) is 15.5. The van der Waals surface area contributed by atoms with Crippen molar-refractivity contribution >= 4 is 11.8 Å². The number of hydrogen-bond donors (Lipinski definition) is 2. The van der Waals surface area contributed by atoms with Crippen molar-refractivity contribution in [1.29, 1.82) is 0 Å². The van der Waals surface area contributed by atoms with Crippen LogP contribution in [-0.4, -0.2) is 47.0 Å². The molecule has 2 aromatic heterocycles. The van der Waals surface area contributed by atoms with Gasteiger partial charge in [0, 0.05) is 43.7 Å². The van der Waals surface area contributed by atoms with Gasteiger partial charge < -0.3 is 15.5 Å². The van der Waals surface area contributed by atoms with Crippen LogP contribution in [0.3, 0.4) is 0 Å². The van der Waals surface area contributed by atoms with Gasteiger partial charge in [-0.05, 0) is 43.9 Å². The molecule has 0 saturated heterocycles. The largest absolute Gasteiger partial charge is 0.366 e. The summed E-state index contributed by atoms with van der Waals surface area (Å²) in [6, 6.07) is 12.2. The van der Waals surface area contributed by atoms with Crippen LogP contribution >= 0.6 is 0 Å². The van der Waals surface area contributed by atoms with Gasteiger partial charge in [0.05, 0.1) is 5.69 Å². The van der Waals surface area contributed by atoms with E-state index in [9.17, 15) is 4.39 Å². The van der Waals surface area contributed by atoms with E-state index in [0.29, 0.717) is 18.3 Å². The highest BCUT2D eigenvalue weighted by atomic mass is 19.1. The topological polar surface area (TPSA) is 66.0 Å². The predicted octanol–water partition coefficient (Wildman–Crippen LogP) is 3.26. The van der Waals surface area contributed by atoms with Crippen molar-refractivity contribution in [2.75, 3.05) is 37.8 Å². The van der Waals surface area contributed by atoms with E-state index in [1.165, 1.54) is 12.1 Å². The van der Waals surface area contributed by atoms with Crippen molar-refractivity contribution in [2.45, 2.75) is 6.54 Å². The second-order valence-electron chi connectivity index (χ2n) is 6.41. The fourth-order valence-corrected chi connectivity index (χ4v) is 2.52. The second-order valence-corrected chi connectivity index (χ2v) is 6.41. The Morgan fingerprint density at radius 2 is 1.81 bits per heavy atom. The smallest absolute Gasteiger partial charge is 0.225 e. The molecule has 2 N–H and O–H groups in total. The zero-order chi connectivity index (χ0) is 19.1. The minimum Gasteiger partial charge on any atom is -0.366 e. The summed E-state index contributed by atoms with van der Waals surface area (Å²) in [7, 11) is 4.03. The lowest BCUT2D eigenvalue weighted by atomic mass is 10.2. The molecule has 0 aliphatic rings. The molecule has 0 spiro atoms. The molecule has 0 aliphatic heterocycles. The van der Waals surface area contributed by atoms with Crippen LogP contribution in [0, 0.1) is 5.82 Å². The van der Waals surface area contributed by atoms with E-state index in [1.807, 2.05) is 38.4 Å². The standard InChI is InChI=1S/C20H23FN6/c1-27(2)11-10-23-20-25-18(16-6-8-22-9-7-16)13-19(26-20)24-14-15-4-3-5-17(21)12-15/h3-9,12-13H,10-11,14H2,1-2H3,(H2,23,24,25,26). The Kier molecular flexibility index (Phi) is 6.27. The summed E-state index contributed by atoms with van der Waals surface area (Å²) in [5.41, 5.74) is 2.60. The summed E-state index contributed by atoms with van der Waals surface area (Å²) in [4.78, 5) is 15.3. The highest BCUT2D eigenvalue weighted by Gasteiger charge is 2.07. The molecule has 7 heteroatoms. The van der Waals surface area contributed by atoms with Gasteiger partial charge in [-0.1, -0.05) is 12.1 Å². The van der Waals surface area contributed by atoms with E-state index in [0.717, 1.165) is 29.9 Å². The lowest BCUT2D eigenvalue weighted by molar-refractivity contribution is 0.425. The second kappa shape index (κ2) is 9.05. The maximum absolute atomic E-state index is 13.4. The third-order valence-corrected chi connectivity index (χ3v) is 3.91. The van der Waals surface area contributed by atoms with E-state index in [4.69, 9.17) is 0 Å². The molecule has 0 aliphatic carbocycles. The molecule has 0 amide bonds. The van der Waals surface area contributed by atoms with E-state index in [2.05, 4.69) is 30.5 Å². The zero-order valence-electron chi connectivity index (χ0n) is 15.5. The lowest BCUT2D eigenvalue weighted by Gasteiger charge is -2.13. The van der Waals surface area contributed by atoms with Crippen molar-refractivity contribution in [3.8, 4) is 11.3 Å². The molecule has 3 rings (SSSR count). The van der Waals surface area contributed by atoms with E-state index < -0.39 is 0 Å². The molecule has 140 valence electrons. The van der Waals surface area contributed by atoms with Crippen LogP contribution in [-0.2, 0) is 6.54 Å². The van der Waals surface area contributed by atoms with Crippen LogP contribution < -0.4 is 10.6 Å². The van der Waals surface area contributed by atoms with Crippen LogP contribution in [0.25, 0.3) is 11.3 Å². The quantitative estimate of drug-likeness (QED) is 0.638. The third-order valence-electron chi connectivity index (χ3n) is 3.91. The fourth-order valence-electron chi connectivity index (χ4n) is 2.52. The molecule has 3 aromatic rings. The first-order valence-electron chi connectivity index (χ1n) is 8.76. The minimum absolute atomic E-state index is 0.250. The number of rotatable bonds is 8. The van der Waals surface area contributed by atoms with E-state index in [-0.39, 0.29) is 5.82 Å². The normalized spacial score (nSPS) is 10.8. The molecule has 27 heavy (non-hydrogen) atoms. The van der Waals surface area contributed by atoms with Gasteiger partial charge in [0.15, 0.2) is 0 Å². The molecule has 2 heterocycles. The van der Waals surface area contributed by atoms with Gasteiger partial charge in [-0.15, -0.1) is 0 Å². The summed E-state index contributed by atoms with van der Waals surface area (Å²) in [6.07, 6.45) is 3.47. The van der Waals surface area contributed by atoms with Gasteiger partial charge in [0.25, 0.3) is 0 Å². The van der Waals surface area contributed by atoms with Gasteiger partial charge in [-0.2, -0.15) is 4.98 Å². The Bertz CT molecular complexity index is 869. The average molecular weight is 366 g/mol. The summed E-state index contributed by atoms with van der Waals surface area (Å²) in [6.45, 7) is 2.08. The molecule has 0 fully saturated rings. The van der Waals surface area contributed by atoms with Crippen LogP contribution in [0.5, 0.6) is 0 Å². The molecule has 0 unspecified atom stereocenters. The molecule has 1 aromatic carbocycles. The number of nitrogens with one attached hydrogen (secondary N) is 2. The first-order valence-corrected chi connectivity index (χ1v) is 8.76. The van der Waals surface area contributed by atoms with Crippen LogP contribution in [0.1, 0.15) is 5.56 Å². The molecular formula is C20H23FN6. The van der Waals surface area contributed by atoms with Crippen LogP contribution in [0.2, 0.25) is 0 Å². The highest BCUT2D eigenvalue weighted by Crippen LogP contribution is 2.21. The van der Waals surface area contributed by atoms with Crippen molar-refractivity contribution in [2.24, 2.45) is 0 Å². The predicted molar refractivity (Wildman–Crippen MR) is 106 cm³/mol. The Morgan fingerprint density at radius 1 is 1.00 bits per heavy atom. The van der Waals surface area contributed by atoms with Crippen molar-refractivity contribution in [1.82, 2.24) is 19.9 Å². The first-order chi connectivity index (χ1) is 13.1. The van der Waals surface area contributed by atoms with Gasteiger partial charge >= 0.3 is 0 Å². The number of halogens is 1. The molecule has 0 atom stereocenters. The maximum atomic E-state index is 13.4. The van der Waals surface area contributed by atoms with Crippen molar-refractivity contribution in [3.63, 3.8) is 0 Å². The Morgan fingerprint density at radius 3 is 2.56 bits per heavy atom. The highest BCUT2D eigenvalue weighted by molar-refractivity contribution is 5.63. The summed E-state index contributed by atoms with van der Waals surface area (Å²) < 4.78 is 13.4. The van der Waals surface area contributed by atoms with Gasteiger partial charge in [-0.25, -0.2) is 9.37 Å². The van der Waals surface area contributed by atoms with Crippen molar-refractivity contribution < 1.29 is 4.39 Å². The lowest BCUT2D eigenvalue weighted by Crippen LogP contribution is -2.21. The van der Waals surface area contributed by atoms with Crippen LogP contribution in [0.15, 0.2) is 54.9 Å².